The van der Waals surface area contributed by atoms with Crippen LogP contribution in [0.1, 0.15) is 5.56 Å². The molecule has 0 aliphatic heterocycles. The Bertz CT molecular complexity index is 659. The first-order chi connectivity index (χ1) is 10.1. The zero-order valence-corrected chi connectivity index (χ0v) is 12.8. The number of hydrogen-bond donors (Lipinski definition) is 2. The van der Waals surface area contributed by atoms with E-state index in [9.17, 15) is 9.00 Å². The molecule has 2 aromatic rings. The SMILES string of the molecule is NCc1ccc(NC(=O)CS(=O)c2cccc(Cl)c2)cc1. The predicted molar refractivity (Wildman–Crippen MR) is 85.7 cm³/mol. The summed E-state index contributed by atoms with van der Waals surface area (Å²) in [6.45, 7) is 0.451. The lowest BCUT2D eigenvalue weighted by Gasteiger charge is -2.06. The number of carbonyl (C=O) groups excluding carboxylic acids is 1. The molecule has 0 aliphatic carbocycles. The summed E-state index contributed by atoms with van der Waals surface area (Å²) in [5.41, 5.74) is 7.14. The van der Waals surface area contributed by atoms with Gasteiger partial charge < -0.3 is 11.1 Å². The first kappa shape index (κ1) is 15.7. The molecule has 110 valence electrons. The molecule has 0 heterocycles. The van der Waals surface area contributed by atoms with E-state index in [4.69, 9.17) is 17.3 Å². The molecule has 0 saturated carbocycles. The smallest absolute Gasteiger partial charge is 0.237 e. The second kappa shape index (κ2) is 7.36. The quantitative estimate of drug-likeness (QED) is 0.888. The van der Waals surface area contributed by atoms with E-state index >= 15 is 0 Å². The minimum Gasteiger partial charge on any atom is -0.326 e. The van der Waals surface area contributed by atoms with Gasteiger partial charge in [0.25, 0.3) is 0 Å². The van der Waals surface area contributed by atoms with Crippen LogP contribution in [-0.4, -0.2) is 15.9 Å². The van der Waals surface area contributed by atoms with Crippen LogP contribution in [-0.2, 0) is 22.1 Å². The van der Waals surface area contributed by atoms with E-state index in [0.717, 1.165) is 5.56 Å². The van der Waals surface area contributed by atoms with Crippen LogP contribution in [0.4, 0.5) is 5.69 Å². The fourth-order valence-corrected chi connectivity index (χ4v) is 2.95. The van der Waals surface area contributed by atoms with Crippen LogP contribution < -0.4 is 11.1 Å². The van der Waals surface area contributed by atoms with E-state index in [1.165, 1.54) is 0 Å². The highest BCUT2D eigenvalue weighted by Gasteiger charge is 2.11. The van der Waals surface area contributed by atoms with Gasteiger partial charge in [-0.05, 0) is 35.9 Å². The van der Waals surface area contributed by atoms with Crippen molar-refractivity contribution < 1.29 is 9.00 Å². The number of nitrogens with one attached hydrogen (secondary N) is 1. The van der Waals surface area contributed by atoms with Crippen LogP contribution >= 0.6 is 11.6 Å². The third kappa shape index (κ3) is 4.67. The standard InChI is InChI=1S/C15H15ClN2O2S/c16-12-2-1-3-14(8-12)21(20)10-15(19)18-13-6-4-11(9-17)5-7-13/h1-8H,9-10,17H2,(H,18,19). The van der Waals surface area contributed by atoms with Crippen LogP contribution in [0.15, 0.2) is 53.4 Å². The lowest BCUT2D eigenvalue weighted by atomic mass is 10.2. The molecule has 0 fully saturated rings. The number of nitrogens with two attached hydrogens (primary N) is 1. The Labute approximate surface area is 130 Å². The molecule has 4 nitrogen and oxygen atoms in total. The van der Waals surface area contributed by atoms with Crippen LogP contribution in [0.5, 0.6) is 0 Å². The number of rotatable bonds is 5. The van der Waals surface area contributed by atoms with Gasteiger partial charge in [-0.2, -0.15) is 0 Å². The van der Waals surface area contributed by atoms with E-state index in [0.29, 0.717) is 22.2 Å². The van der Waals surface area contributed by atoms with Crippen molar-refractivity contribution in [1.82, 2.24) is 0 Å². The molecule has 1 unspecified atom stereocenters. The molecule has 2 aromatic carbocycles. The molecule has 3 N–H and O–H groups in total. The highest BCUT2D eigenvalue weighted by atomic mass is 35.5. The van der Waals surface area contributed by atoms with E-state index < -0.39 is 10.8 Å². The van der Waals surface area contributed by atoms with Gasteiger partial charge in [0.1, 0.15) is 5.75 Å². The second-order valence-corrected chi connectivity index (χ2v) is 6.28. The van der Waals surface area contributed by atoms with Crippen molar-refractivity contribution in [2.75, 3.05) is 11.1 Å². The molecule has 0 aromatic heterocycles. The molecule has 0 bridgehead atoms. The minimum absolute atomic E-state index is 0.112. The van der Waals surface area contributed by atoms with E-state index in [1.54, 1.807) is 36.4 Å². The molecule has 21 heavy (non-hydrogen) atoms. The molecule has 0 saturated heterocycles. The number of anilines is 1. The summed E-state index contributed by atoms with van der Waals surface area (Å²) in [5.74, 6) is -0.423. The average Bonchev–Trinajstić information content (AvgIpc) is 2.48. The highest BCUT2D eigenvalue weighted by Crippen LogP contribution is 2.15. The minimum atomic E-state index is -1.42. The predicted octanol–water partition coefficient (Wildman–Crippen LogP) is 2.55. The van der Waals surface area contributed by atoms with Crippen molar-refractivity contribution in [3.63, 3.8) is 0 Å². The van der Waals surface area contributed by atoms with Crippen LogP contribution in [0.2, 0.25) is 5.02 Å². The summed E-state index contributed by atoms with van der Waals surface area (Å²) in [6.07, 6.45) is 0. The van der Waals surface area contributed by atoms with Crippen molar-refractivity contribution in [3.8, 4) is 0 Å². The molecular weight excluding hydrogens is 308 g/mol. The molecule has 0 spiro atoms. The maximum Gasteiger partial charge on any atom is 0.237 e. The molecule has 2 rings (SSSR count). The van der Waals surface area contributed by atoms with Gasteiger partial charge in [0.15, 0.2) is 0 Å². The monoisotopic (exact) mass is 322 g/mol. The summed E-state index contributed by atoms with van der Waals surface area (Å²) in [5, 5.41) is 3.20. The number of carbonyl (C=O) groups is 1. The number of halogens is 1. The Kier molecular flexibility index (Phi) is 5.50. The van der Waals surface area contributed by atoms with E-state index in [1.807, 2.05) is 12.1 Å². The van der Waals surface area contributed by atoms with Gasteiger partial charge in [-0.1, -0.05) is 29.8 Å². The largest absolute Gasteiger partial charge is 0.326 e. The fourth-order valence-electron chi connectivity index (χ4n) is 1.73. The number of hydrogen-bond acceptors (Lipinski definition) is 3. The Balaban J connectivity index is 1.96. The second-order valence-electron chi connectivity index (χ2n) is 4.40. The topological polar surface area (TPSA) is 72.2 Å². The summed E-state index contributed by atoms with van der Waals surface area (Å²) in [7, 11) is -1.42. The summed E-state index contributed by atoms with van der Waals surface area (Å²) in [6, 6.07) is 13.9. The summed E-state index contributed by atoms with van der Waals surface area (Å²) >= 11 is 5.84. The Morgan fingerprint density at radius 2 is 1.90 bits per heavy atom. The van der Waals surface area contributed by atoms with Crippen molar-refractivity contribution in [3.05, 3.63) is 59.1 Å². The van der Waals surface area contributed by atoms with Gasteiger partial charge in [-0.15, -0.1) is 0 Å². The molecule has 6 heteroatoms. The Morgan fingerprint density at radius 3 is 2.52 bits per heavy atom. The summed E-state index contributed by atoms with van der Waals surface area (Å²) < 4.78 is 12.1. The van der Waals surface area contributed by atoms with Gasteiger partial charge in [0.05, 0.1) is 10.8 Å². The normalized spacial score (nSPS) is 11.9. The van der Waals surface area contributed by atoms with Crippen molar-refractivity contribution in [1.29, 1.82) is 0 Å². The van der Waals surface area contributed by atoms with Crippen LogP contribution in [0.25, 0.3) is 0 Å². The van der Waals surface area contributed by atoms with Gasteiger partial charge in [-0.25, -0.2) is 0 Å². The molecule has 1 atom stereocenters. The van der Waals surface area contributed by atoms with Crippen LogP contribution in [0, 0.1) is 0 Å². The van der Waals surface area contributed by atoms with Gasteiger partial charge in [-0.3, -0.25) is 9.00 Å². The first-order valence-corrected chi connectivity index (χ1v) is 8.01. The van der Waals surface area contributed by atoms with E-state index in [-0.39, 0.29) is 11.7 Å². The lowest BCUT2D eigenvalue weighted by molar-refractivity contribution is -0.113. The zero-order valence-electron chi connectivity index (χ0n) is 11.2. The lowest BCUT2D eigenvalue weighted by Crippen LogP contribution is -2.19. The first-order valence-electron chi connectivity index (χ1n) is 6.31. The highest BCUT2D eigenvalue weighted by molar-refractivity contribution is 7.85. The molecule has 0 radical (unpaired) electrons. The third-order valence-corrected chi connectivity index (χ3v) is 4.33. The van der Waals surface area contributed by atoms with Gasteiger partial charge >= 0.3 is 0 Å². The van der Waals surface area contributed by atoms with Crippen molar-refractivity contribution in [2.45, 2.75) is 11.4 Å². The Hall–Kier alpha value is -1.69. The van der Waals surface area contributed by atoms with Gasteiger partial charge in [0, 0.05) is 22.2 Å². The Morgan fingerprint density at radius 1 is 1.19 bits per heavy atom. The summed E-state index contributed by atoms with van der Waals surface area (Å²) in [4.78, 5) is 12.4. The maximum absolute atomic E-state index is 12.1. The number of benzene rings is 2. The van der Waals surface area contributed by atoms with E-state index in [2.05, 4.69) is 5.32 Å². The fraction of sp³-hybridized carbons (Fsp3) is 0.133. The molecule has 1 amide bonds. The maximum atomic E-state index is 12.1. The van der Waals surface area contributed by atoms with Crippen LogP contribution in [0.3, 0.4) is 0 Å². The molecular formula is C15H15ClN2O2S. The van der Waals surface area contributed by atoms with Crippen molar-refractivity contribution >= 4 is 34.0 Å². The van der Waals surface area contributed by atoms with Crippen molar-refractivity contribution in [2.24, 2.45) is 5.73 Å². The zero-order chi connectivity index (χ0) is 15.2. The number of amides is 1. The molecule has 0 aliphatic rings. The third-order valence-electron chi connectivity index (χ3n) is 2.79. The average molecular weight is 323 g/mol. The van der Waals surface area contributed by atoms with Gasteiger partial charge in [0.2, 0.25) is 5.91 Å².